The third kappa shape index (κ3) is 2.30. The van der Waals surface area contributed by atoms with Gasteiger partial charge in [0, 0.05) is 24.2 Å². The van der Waals surface area contributed by atoms with Crippen LogP contribution in [0.1, 0.15) is 11.5 Å². The number of hydrogen-bond donors (Lipinski definition) is 0. The second kappa shape index (κ2) is 5.16. The fourth-order valence-corrected chi connectivity index (χ4v) is 2.31. The van der Waals surface area contributed by atoms with Crippen molar-refractivity contribution in [2.45, 2.75) is 13.8 Å². The predicted molar refractivity (Wildman–Crippen MR) is 82.3 cm³/mol. The molecule has 8 nitrogen and oxygen atoms in total. The molecule has 0 fully saturated rings. The van der Waals surface area contributed by atoms with Crippen molar-refractivity contribution in [3.8, 4) is 22.8 Å². The van der Waals surface area contributed by atoms with Crippen molar-refractivity contribution in [1.82, 2.24) is 39.7 Å². The third-order valence-electron chi connectivity index (χ3n) is 3.45. The molecule has 0 amide bonds. The van der Waals surface area contributed by atoms with Crippen molar-refractivity contribution in [2.75, 3.05) is 0 Å². The molecule has 0 aromatic carbocycles. The summed E-state index contributed by atoms with van der Waals surface area (Å²) < 4.78 is 1.68. The lowest BCUT2D eigenvalue weighted by Crippen LogP contribution is -2.04. The van der Waals surface area contributed by atoms with Crippen LogP contribution in [0.2, 0.25) is 0 Å². The molecule has 0 radical (unpaired) electrons. The Balaban J connectivity index is 1.89. The van der Waals surface area contributed by atoms with E-state index in [0.717, 1.165) is 11.3 Å². The average Bonchev–Trinajstić information content (AvgIpc) is 3.01. The number of fused-ring (bicyclic) bond motifs is 1. The molecule has 0 spiro atoms. The van der Waals surface area contributed by atoms with Gasteiger partial charge < -0.3 is 0 Å². The van der Waals surface area contributed by atoms with Crippen LogP contribution < -0.4 is 0 Å². The predicted octanol–water partition coefficient (Wildman–Crippen LogP) is 1.66. The van der Waals surface area contributed by atoms with E-state index in [9.17, 15) is 0 Å². The van der Waals surface area contributed by atoms with Crippen LogP contribution in [0, 0.1) is 13.8 Å². The molecule has 0 aliphatic heterocycles. The fourth-order valence-electron chi connectivity index (χ4n) is 2.31. The highest BCUT2D eigenvalue weighted by atomic mass is 15.4. The molecule has 0 N–H and O–H groups in total. The first-order chi connectivity index (χ1) is 11.2. The maximum Gasteiger partial charge on any atom is 0.272 e. The Morgan fingerprint density at radius 1 is 0.913 bits per heavy atom. The molecular formula is C15H12N8. The zero-order valence-corrected chi connectivity index (χ0v) is 12.5. The Morgan fingerprint density at radius 3 is 2.52 bits per heavy atom. The van der Waals surface area contributed by atoms with Gasteiger partial charge in [0.1, 0.15) is 11.5 Å². The summed E-state index contributed by atoms with van der Waals surface area (Å²) in [6.45, 7) is 3.75. The minimum atomic E-state index is 0.448. The lowest BCUT2D eigenvalue weighted by molar-refractivity contribution is 0.850. The monoisotopic (exact) mass is 304 g/mol. The number of aryl methyl sites for hydroxylation is 2. The van der Waals surface area contributed by atoms with Gasteiger partial charge in [-0.05, 0) is 32.0 Å². The van der Waals surface area contributed by atoms with Gasteiger partial charge in [0.2, 0.25) is 0 Å². The highest BCUT2D eigenvalue weighted by Gasteiger charge is 2.14. The molecule has 0 aliphatic rings. The van der Waals surface area contributed by atoms with Gasteiger partial charge in [-0.25, -0.2) is 9.97 Å². The second-order valence-corrected chi connectivity index (χ2v) is 5.01. The zero-order chi connectivity index (χ0) is 15.8. The van der Waals surface area contributed by atoms with Crippen LogP contribution in [0.5, 0.6) is 0 Å². The second-order valence-electron chi connectivity index (χ2n) is 5.01. The normalized spacial score (nSPS) is 11.0. The molecule has 0 saturated heterocycles. The summed E-state index contributed by atoms with van der Waals surface area (Å²) in [5, 5.41) is 12.9. The molecular weight excluding hydrogens is 292 g/mol. The molecule has 4 rings (SSSR count). The molecule has 8 heteroatoms. The number of pyridine rings is 1. The van der Waals surface area contributed by atoms with E-state index in [1.54, 1.807) is 29.2 Å². The van der Waals surface area contributed by atoms with Gasteiger partial charge in [-0.2, -0.15) is 9.50 Å². The first kappa shape index (κ1) is 13.4. The number of hydrogen-bond acceptors (Lipinski definition) is 7. The third-order valence-corrected chi connectivity index (χ3v) is 3.45. The highest BCUT2D eigenvalue weighted by Crippen LogP contribution is 2.20. The Kier molecular flexibility index (Phi) is 3.00. The topological polar surface area (TPSA) is 94.6 Å². The van der Waals surface area contributed by atoms with E-state index in [0.29, 0.717) is 28.8 Å². The van der Waals surface area contributed by atoms with Crippen LogP contribution in [0.25, 0.3) is 28.6 Å². The number of rotatable bonds is 2. The van der Waals surface area contributed by atoms with Gasteiger partial charge in [0.05, 0.1) is 11.4 Å². The van der Waals surface area contributed by atoms with E-state index in [1.807, 2.05) is 26.0 Å². The van der Waals surface area contributed by atoms with E-state index in [-0.39, 0.29) is 0 Å². The van der Waals surface area contributed by atoms with Crippen molar-refractivity contribution in [2.24, 2.45) is 0 Å². The van der Waals surface area contributed by atoms with Crippen LogP contribution in [-0.4, -0.2) is 39.7 Å². The Bertz CT molecular complexity index is 993. The first-order valence-corrected chi connectivity index (χ1v) is 7.03. The fraction of sp³-hybridized carbons (Fsp3) is 0.133. The van der Waals surface area contributed by atoms with Crippen molar-refractivity contribution in [3.63, 3.8) is 0 Å². The van der Waals surface area contributed by atoms with Crippen molar-refractivity contribution in [1.29, 1.82) is 0 Å². The summed E-state index contributed by atoms with van der Waals surface area (Å²) >= 11 is 0. The first-order valence-electron chi connectivity index (χ1n) is 7.03. The molecule has 0 saturated carbocycles. The van der Waals surface area contributed by atoms with Crippen LogP contribution in [0.15, 0.2) is 36.8 Å². The largest absolute Gasteiger partial charge is 0.272 e. The van der Waals surface area contributed by atoms with Gasteiger partial charge in [0.25, 0.3) is 5.78 Å². The van der Waals surface area contributed by atoms with Crippen molar-refractivity contribution < 1.29 is 0 Å². The lowest BCUT2D eigenvalue weighted by Gasteiger charge is -2.04. The standard InChI is InChI=1S/C15H12N8/c1-9-13(12-5-8-17-10(2)18-12)20-21-15-19-14(22-23(9)15)11-3-6-16-7-4-11/h3-8H,1-2H3. The molecule has 0 bridgehead atoms. The highest BCUT2D eigenvalue weighted by molar-refractivity contribution is 5.59. The van der Waals surface area contributed by atoms with Crippen LogP contribution in [0.4, 0.5) is 0 Å². The van der Waals surface area contributed by atoms with Gasteiger partial charge in [-0.1, -0.05) is 0 Å². The molecule has 0 aliphatic carbocycles. The van der Waals surface area contributed by atoms with Gasteiger partial charge in [0.15, 0.2) is 5.82 Å². The molecule has 0 unspecified atom stereocenters. The summed E-state index contributed by atoms with van der Waals surface area (Å²) in [5.41, 5.74) is 3.07. The Hall–Kier alpha value is -3.29. The maximum atomic E-state index is 4.52. The van der Waals surface area contributed by atoms with E-state index >= 15 is 0 Å². The van der Waals surface area contributed by atoms with Crippen LogP contribution in [-0.2, 0) is 0 Å². The van der Waals surface area contributed by atoms with Crippen LogP contribution in [0.3, 0.4) is 0 Å². The molecule has 4 aromatic rings. The smallest absolute Gasteiger partial charge is 0.265 e. The number of aromatic nitrogens is 8. The summed E-state index contributed by atoms with van der Waals surface area (Å²) in [6.07, 6.45) is 5.11. The van der Waals surface area contributed by atoms with Gasteiger partial charge in [-0.3, -0.25) is 4.98 Å². The maximum absolute atomic E-state index is 4.52. The summed E-state index contributed by atoms with van der Waals surface area (Å²) in [6, 6.07) is 5.51. The minimum Gasteiger partial charge on any atom is -0.265 e. The summed E-state index contributed by atoms with van der Waals surface area (Å²) in [5.74, 6) is 1.71. The van der Waals surface area contributed by atoms with Crippen molar-refractivity contribution >= 4 is 5.78 Å². The van der Waals surface area contributed by atoms with Gasteiger partial charge >= 0.3 is 0 Å². The Morgan fingerprint density at radius 2 is 1.74 bits per heavy atom. The summed E-state index contributed by atoms with van der Waals surface area (Å²) in [4.78, 5) is 16.9. The lowest BCUT2D eigenvalue weighted by atomic mass is 10.2. The van der Waals surface area contributed by atoms with E-state index < -0.39 is 0 Å². The van der Waals surface area contributed by atoms with Gasteiger partial charge in [-0.15, -0.1) is 15.3 Å². The van der Waals surface area contributed by atoms with Crippen LogP contribution >= 0.6 is 0 Å². The molecule has 4 aromatic heterocycles. The van der Waals surface area contributed by atoms with E-state index in [1.165, 1.54) is 0 Å². The molecule has 4 heterocycles. The summed E-state index contributed by atoms with van der Waals surface area (Å²) in [7, 11) is 0. The Labute approximate surface area is 131 Å². The van der Waals surface area contributed by atoms with E-state index in [2.05, 4.69) is 35.2 Å². The van der Waals surface area contributed by atoms with E-state index in [4.69, 9.17) is 0 Å². The SMILES string of the molecule is Cc1nccc(-c2nnc3nc(-c4ccncc4)nn3c2C)n1. The number of nitrogens with zero attached hydrogens (tertiary/aromatic N) is 8. The quantitative estimate of drug-likeness (QED) is 0.555. The molecule has 23 heavy (non-hydrogen) atoms. The minimum absolute atomic E-state index is 0.448. The zero-order valence-electron chi connectivity index (χ0n) is 12.5. The average molecular weight is 304 g/mol. The molecule has 0 atom stereocenters. The molecule has 112 valence electrons. The van der Waals surface area contributed by atoms with Crippen molar-refractivity contribution in [3.05, 3.63) is 48.3 Å².